The van der Waals surface area contributed by atoms with Crippen molar-refractivity contribution >= 4 is 23.5 Å². The minimum absolute atomic E-state index is 0.348. The molecule has 0 atom stereocenters. The smallest absolute Gasteiger partial charge is 0.325 e. The van der Waals surface area contributed by atoms with Gasteiger partial charge in [0.05, 0.1) is 7.11 Å². The van der Waals surface area contributed by atoms with Crippen LogP contribution >= 0.6 is 0 Å². The summed E-state index contributed by atoms with van der Waals surface area (Å²) in [6.45, 7) is -0.806. The third-order valence-electron chi connectivity index (χ3n) is 4.40. The van der Waals surface area contributed by atoms with E-state index in [0.29, 0.717) is 17.0 Å². The average molecular weight is 418 g/mol. The molecule has 0 spiro atoms. The topological polar surface area (TPSA) is 93.7 Å². The van der Waals surface area contributed by atoms with E-state index in [2.05, 4.69) is 10.6 Å². The van der Waals surface area contributed by atoms with Gasteiger partial charge in [-0.2, -0.15) is 0 Å². The van der Waals surface area contributed by atoms with Crippen LogP contribution in [0.4, 0.5) is 5.69 Å². The van der Waals surface area contributed by atoms with Gasteiger partial charge in [0.2, 0.25) is 0 Å². The predicted octanol–water partition coefficient (Wildman–Crippen LogP) is 3.27. The molecule has 3 rings (SSSR count). The lowest BCUT2D eigenvalue weighted by atomic mass is 10.0. The highest BCUT2D eigenvalue weighted by molar-refractivity contribution is 5.98. The molecule has 31 heavy (non-hydrogen) atoms. The van der Waals surface area contributed by atoms with Crippen LogP contribution in [0.25, 0.3) is 11.1 Å². The molecule has 0 heterocycles. The second-order valence-corrected chi connectivity index (χ2v) is 6.53. The molecule has 0 fully saturated rings. The van der Waals surface area contributed by atoms with Gasteiger partial charge in [-0.05, 0) is 35.9 Å². The van der Waals surface area contributed by atoms with Crippen LogP contribution in [0, 0.1) is 0 Å². The van der Waals surface area contributed by atoms with E-state index in [9.17, 15) is 14.4 Å². The standard InChI is InChI=1S/C24H22N2O5/c1-30-19-13-11-18(12-14-19)24(29)25-15-23(28)31-16-22(27)26-21-10-6-5-9-20(21)17-7-3-2-4-8-17/h2-14H,15-16H2,1H3,(H,25,29)(H,26,27). The minimum Gasteiger partial charge on any atom is -0.497 e. The van der Waals surface area contributed by atoms with Crippen LogP contribution in [0.3, 0.4) is 0 Å². The van der Waals surface area contributed by atoms with Crippen LogP contribution in [0.5, 0.6) is 5.75 Å². The molecule has 0 aliphatic carbocycles. The van der Waals surface area contributed by atoms with Crippen molar-refractivity contribution in [3.05, 3.63) is 84.4 Å². The van der Waals surface area contributed by atoms with Crippen molar-refractivity contribution in [1.82, 2.24) is 5.32 Å². The van der Waals surface area contributed by atoms with Crippen molar-refractivity contribution in [3.63, 3.8) is 0 Å². The van der Waals surface area contributed by atoms with Crippen molar-refractivity contribution in [3.8, 4) is 16.9 Å². The normalized spacial score (nSPS) is 10.1. The second kappa shape index (κ2) is 10.6. The van der Waals surface area contributed by atoms with Crippen molar-refractivity contribution in [2.24, 2.45) is 0 Å². The molecule has 7 nitrogen and oxygen atoms in total. The summed E-state index contributed by atoms with van der Waals surface area (Å²) in [5.74, 6) is -0.997. The van der Waals surface area contributed by atoms with Crippen molar-refractivity contribution in [1.29, 1.82) is 0 Å². The molecular formula is C24H22N2O5. The van der Waals surface area contributed by atoms with E-state index >= 15 is 0 Å². The first kappa shape index (κ1) is 21.6. The maximum absolute atomic E-state index is 12.2. The molecule has 0 bridgehead atoms. The molecule has 0 aromatic heterocycles. The van der Waals surface area contributed by atoms with E-state index in [1.54, 1.807) is 30.3 Å². The minimum atomic E-state index is -0.714. The van der Waals surface area contributed by atoms with Crippen molar-refractivity contribution in [2.45, 2.75) is 0 Å². The molecule has 2 N–H and O–H groups in total. The van der Waals surface area contributed by atoms with Gasteiger partial charge in [0.15, 0.2) is 6.61 Å². The number of carbonyl (C=O) groups excluding carboxylic acids is 3. The lowest BCUT2D eigenvalue weighted by molar-refractivity contribution is -0.146. The summed E-state index contributed by atoms with van der Waals surface area (Å²) >= 11 is 0. The summed E-state index contributed by atoms with van der Waals surface area (Å²) in [6, 6.07) is 23.4. The number of esters is 1. The number of hydrogen-bond donors (Lipinski definition) is 2. The van der Waals surface area contributed by atoms with Crippen molar-refractivity contribution in [2.75, 3.05) is 25.6 Å². The Morgan fingerprint density at radius 3 is 2.23 bits per heavy atom. The highest BCUT2D eigenvalue weighted by Gasteiger charge is 2.12. The zero-order valence-corrected chi connectivity index (χ0v) is 17.0. The van der Waals surface area contributed by atoms with E-state index in [1.807, 2.05) is 48.5 Å². The van der Waals surface area contributed by atoms with Crippen LogP contribution in [-0.2, 0) is 14.3 Å². The predicted molar refractivity (Wildman–Crippen MR) is 117 cm³/mol. The molecule has 0 radical (unpaired) electrons. The highest BCUT2D eigenvalue weighted by atomic mass is 16.5. The number of hydrogen-bond acceptors (Lipinski definition) is 5. The Balaban J connectivity index is 1.48. The van der Waals surface area contributed by atoms with E-state index in [0.717, 1.165) is 11.1 Å². The van der Waals surface area contributed by atoms with Gasteiger partial charge >= 0.3 is 5.97 Å². The molecule has 7 heteroatoms. The van der Waals surface area contributed by atoms with Gasteiger partial charge in [0.1, 0.15) is 12.3 Å². The maximum Gasteiger partial charge on any atom is 0.325 e. The molecule has 3 aromatic carbocycles. The zero-order valence-electron chi connectivity index (χ0n) is 17.0. The Labute approximate surface area is 180 Å². The van der Waals surface area contributed by atoms with Crippen molar-refractivity contribution < 1.29 is 23.9 Å². The fourth-order valence-electron chi connectivity index (χ4n) is 2.84. The van der Waals surface area contributed by atoms with E-state index < -0.39 is 24.4 Å². The van der Waals surface area contributed by atoms with Gasteiger partial charge in [-0.3, -0.25) is 14.4 Å². The van der Waals surface area contributed by atoms with Gasteiger partial charge in [0.25, 0.3) is 11.8 Å². The van der Waals surface area contributed by atoms with E-state index in [1.165, 1.54) is 7.11 Å². The quantitative estimate of drug-likeness (QED) is 0.548. The van der Waals surface area contributed by atoms with Gasteiger partial charge in [-0.1, -0.05) is 48.5 Å². The van der Waals surface area contributed by atoms with Gasteiger partial charge in [0, 0.05) is 16.8 Å². The zero-order chi connectivity index (χ0) is 22.1. The fourth-order valence-corrected chi connectivity index (χ4v) is 2.84. The van der Waals surface area contributed by atoms with Crippen LogP contribution in [0.15, 0.2) is 78.9 Å². The molecule has 158 valence electrons. The summed E-state index contributed by atoms with van der Waals surface area (Å²) in [5.41, 5.74) is 2.80. The number of amides is 2. The number of ether oxygens (including phenoxy) is 2. The molecule has 0 aliphatic heterocycles. The second-order valence-electron chi connectivity index (χ2n) is 6.53. The SMILES string of the molecule is COc1ccc(C(=O)NCC(=O)OCC(=O)Nc2ccccc2-c2ccccc2)cc1. The monoisotopic (exact) mass is 418 g/mol. The van der Waals surface area contributed by atoms with Gasteiger partial charge < -0.3 is 20.1 Å². The number of methoxy groups -OCH3 is 1. The molecule has 3 aromatic rings. The van der Waals surface area contributed by atoms with Crippen LogP contribution in [0.2, 0.25) is 0 Å². The molecular weight excluding hydrogens is 396 g/mol. The summed E-state index contributed by atoms with van der Waals surface area (Å²) in [5, 5.41) is 5.20. The molecule has 0 saturated carbocycles. The molecule has 0 aliphatic rings. The molecule has 0 unspecified atom stereocenters. The third-order valence-corrected chi connectivity index (χ3v) is 4.40. The molecule has 2 amide bonds. The molecule has 0 saturated heterocycles. The largest absolute Gasteiger partial charge is 0.497 e. The highest BCUT2D eigenvalue weighted by Crippen LogP contribution is 2.27. The first-order valence-electron chi connectivity index (χ1n) is 9.59. The number of anilines is 1. The number of benzene rings is 3. The summed E-state index contributed by atoms with van der Waals surface area (Å²) in [7, 11) is 1.53. The average Bonchev–Trinajstić information content (AvgIpc) is 2.82. The Kier molecular flexibility index (Phi) is 7.37. The first-order chi connectivity index (χ1) is 15.1. The lowest BCUT2D eigenvalue weighted by Crippen LogP contribution is -2.32. The Hall–Kier alpha value is -4.13. The summed E-state index contributed by atoms with van der Waals surface area (Å²) in [4.78, 5) is 36.2. The summed E-state index contributed by atoms with van der Waals surface area (Å²) in [6.07, 6.45) is 0. The number of carbonyl (C=O) groups is 3. The van der Waals surface area contributed by atoms with Gasteiger partial charge in [-0.25, -0.2) is 0 Å². The number of rotatable bonds is 8. The first-order valence-corrected chi connectivity index (χ1v) is 9.59. The number of para-hydroxylation sites is 1. The maximum atomic E-state index is 12.2. The summed E-state index contributed by atoms with van der Waals surface area (Å²) < 4.78 is 9.99. The number of nitrogens with one attached hydrogen (secondary N) is 2. The van der Waals surface area contributed by atoms with E-state index in [4.69, 9.17) is 9.47 Å². The lowest BCUT2D eigenvalue weighted by Gasteiger charge is -2.12. The fraction of sp³-hybridized carbons (Fsp3) is 0.125. The Bertz CT molecular complexity index is 1050. The third kappa shape index (κ3) is 6.17. The van der Waals surface area contributed by atoms with Crippen LogP contribution in [0.1, 0.15) is 10.4 Å². The Morgan fingerprint density at radius 2 is 1.52 bits per heavy atom. The van der Waals surface area contributed by atoms with Gasteiger partial charge in [-0.15, -0.1) is 0 Å². The van der Waals surface area contributed by atoms with E-state index in [-0.39, 0.29) is 6.54 Å². The Morgan fingerprint density at radius 1 is 0.839 bits per heavy atom. The van der Waals surface area contributed by atoms with Crippen LogP contribution < -0.4 is 15.4 Å². The van der Waals surface area contributed by atoms with Crippen LogP contribution in [-0.4, -0.2) is 38.0 Å².